The highest BCUT2D eigenvalue weighted by atomic mass is 127. The van der Waals surface area contributed by atoms with Crippen LogP contribution in [0.5, 0.6) is 0 Å². The number of nitrogens with one attached hydrogen (secondary N) is 2. The van der Waals surface area contributed by atoms with Crippen LogP contribution in [-0.4, -0.2) is 36.6 Å². The zero-order chi connectivity index (χ0) is 12.4. The van der Waals surface area contributed by atoms with E-state index in [9.17, 15) is 0 Å². The SMILES string of the molecule is CN=C(NCC(C)(C)SC)NC1CC1(C)C.I. The fourth-order valence-corrected chi connectivity index (χ4v) is 1.66. The molecule has 0 spiro atoms. The standard InChI is InChI=1S/C12H25N3S.HI/c1-11(2)7-9(11)15-10(13-5)14-8-12(3,4)16-6;/h9H,7-8H2,1-6H3,(H2,13,14,15);1H. The molecule has 1 aliphatic rings. The molecule has 102 valence electrons. The van der Waals surface area contributed by atoms with Crippen molar-refractivity contribution >= 4 is 41.7 Å². The van der Waals surface area contributed by atoms with Gasteiger partial charge in [0.2, 0.25) is 0 Å². The van der Waals surface area contributed by atoms with Gasteiger partial charge in [-0.2, -0.15) is 11.8 Å². The van der Waals surface area contributed by atoms with Gasteiger partial charge < -0.3 is 10.6 Å². The molecule has 0 aromatic heterocycles. The van der Waals surface area contributed by atoms with Crippen LogP contribution in [0.3, 0.4) is 0 Å². The number of thioether (sulfide) groups is 1. The Morgan fingerprint density at radius 1 is 1.47 bits per heavy atom. The van der Waals surface area contributed by atoms with E-state index in [1.165, 1.54) is 6.42 Å². The molecule has 17 heavy (non-hydrogen) atoms. The van der Waals surface area contributed by atoms with Gasteiger partial charge in [0.1, 0.15) is 0 Å². The van der Waals surface area contributed by atoms with Crippen molar-refractivity contribution in [3.8, 4) is 0 Å². The second-order valence-corrected chi connectivity index (χ2v) is 7.29. The van der Waals surface area contributed by atoms with Crippen molar-refractivity contribution in [3.05, 3.63) is 0 Å². The van der Waals surface area contributed by atoms with E-state index in [1.54, 1.807) is 0 Å². The van der Waals surface area contributed by atoms with E-state index >= 15 is 0 Å². The summed E-state index contributed by atoms with van der Waals surface area (Å²) in [6.07, 6.45) is 3.38. The molecule has 1 atom stereocenters. The van der Waals surface area contributed by atoms with Crippen molar-refractivity contribution < 1.29 is 0 Å². The fraction of sp³-hybridized carbons (Fsp3) is 0.917. The Bertz CT molecular complexity index is 277. The zero-order valence-electron chi connectivity index (χ0n) is 11.8. The molecular weight excluding hydrogens is 345 g/mol. The third-order valence-electron chi connectivity index (χ3n) is 3.28. The average molecular weight is 371 g/mol. The van der Waals surface area contributed by atoms with Gasteiger partial charge in [0, 0.05) is 24.4 Å². The van der Waals surface area contributed by atoms with Gasteiger partial charge in [-0.3, -0.25) is 4.99 Å². The molecule has 0 aromatic carbocycles. The molecule has 0 radical (unpaired) electrons. The minimum atomic E-state index is 0. The summed E-state index contributed by atoms with van der Waals surface area (Å²) in [7, 11) is 1.83. The first kappa shape index (κ1) is 17.4. The molecule has 1 fully saturated rings. The van der Waals surface area contributed by atoms with Gasteiger partial charge in [0.05, 0.1) is 0 Å². The smallest absolute Gasteiger partial charge is 0.191 e. The molecule has 1 aliphatic carbocycles. The number of hydrogen-bond donors (Lipinski definition) is 2. The number of halogens is 1. The monoisotopic (exact) mass is 371 g/mol. The third kappa shape index (κ3) is 5.68. The summed E-state index contributed by atoms with van der Waals surface area (Å²) in [6, 6.07) is 0.580. The maximum atomic E-state index is 4.26. The molecule has 1 saturated carbocycles. The second kappa shape index (κ2) is 6.50. The van der Waals surface area contributed by atoms with E-state index in [0.29, 0.717) is 11.5 Å². The molecule has 2 N–H and O–H groups in total. The highest BCUT2D eigenvalue weighted by Crippen LogP contribution is 2.44. The minimum absolute atomic E-state index is 0. The lowest BCUT2D eigenvalue weighted by Gasteiger charge is -2.24. The second-order valence-electron chi connectivity index (χ2n) is 5.78. The number of guanidine groups is 1. The van der Waals surface area contributed by atoms with Crippen molar-refractivity contribution in [2.24, 2.45) is 10.4 Å². The highest BCUT2D eigenvalue weighted by molar-refractivity contribution is 14.0. The Morgan fingerprint density at radius 2 is 2.00 bits per heavy atom. The van der Waals surface area contributed by atoms with Crippen molar-refractivity contribution in [2.45, 2.75) is 44.9 Å². The molecule has 3 nitrogen and oxygen atoms in total. The van der Waals surface area contributed by atoms with E-state index in [1.807, 2.05) is 18.8 Å². The summed E-state index contributed by atoms with van der Waals surface area (Å²) in [6.45, 7) is 9.96. The number of rotatable bonds is 4. The van der Waals surface area contributed by atoms with Gasteiger partial charge in [0.25, 0.3) is 0 Å². The lowest BCUT2D eigenvalue weighted by Crippen LogP contribution is -2.44. The van der Waals surface area contributed by atoms with E-state index < -0.39 is 0 Å². The van der Waals surface area contributed by atoms with Gasteiger partial charge in [-0.05, 0) is 31.9 Å². The van der Waals surface area contributed by atoms with Crippen LogP contribution >= 0.6 is 35.7 Å². The average Bonchev–Trinajstić information content (AvgIpc) is 2.81. The summed E-state index contributed by atoms with van der Waals surface area (Å²) in [5, 5.41) is 6.84. The lowest BCUT2D eigenvalue weighted by atomic mass is 10.2. The Morgan fingerprint density at radius 3 is 2.35 bits per heavy atom. The molecular formula is C12H26IN3S. The Kier molecular flexibility index (Phi) is 6.63. The number of hydrogen-bond acceptors (Lipinski definition) is 2. The highest BCUT2D eigenvalue weighted by Gasteiger charge is 2.46. The summed E-state index contributed by atoms with van der Waals surface area (Å²) in [5.41, 5.74) is 0.437. The molecule has 0 heterocycles. The number of aliphatic imine (C=N–C) groups is 1. The van der Waals surface area contributed by atoms with Crippen molar-refractivity contribution in [3.63, 3.8) is 0 Å². The van der Waals surface area contributed by atoms with E-state index in [4.69, 9.17) is 0 Å². The molecule has 0 aromatic rings. The van der Waals surface area contributed by atoms with Gasteiger partial charge in [-0.15, -0.1) is 24.0 Å². The molecule has 5 heteroatoms. The maximum absolute atomic E-state index is 4.26. The first-order valence-corrected chi connectivity index (χ1v) is 7.05. The molecule has 0 saturated heterocycles. The summed E-state index contributed by atoms with van der Waals surface area (Å²) in [5.74, 6) is 0.928. The fourth-order valence-electron chi connectivity index (χ4n) is 1.44. The molecule has 0 bridgehead atoms. The number of nitrogens with zero attached hydrogens (tertiary/aromatic N) is 1. The van der Waals surface area contributed by atoms with Gasteiger partial charge in [-0.25, -0.2) is 0 Å². The van der Waals surface area contributed by atoms with E-state index in [-0.39, 0.29) is 28.7 Å². The third-order valence-corrected chi connectivity index (χ3v) is 4.53. The van der Waals surface area contributed by atoms with Gasteiger partial charge in [-0.1, -0.05) is 13.8 Å². The Balaban J connectivity index is 0.00000256. The zero-order valence-corrected chi connectivity index (χ0v) is 14.9. The van der Waals surface area contributed by atoms with Crippen molar-refractivity contribution in [2.75, 3.05) is 19.8 Å². The minimum Gasteiger partial charge on any atom is -0.355 e. The maximum Gasteiger partial charge on any atom is 0.191 e. The van der Waals surface area contributed by atoms with E-state index in [2.05, 4.69) is 49.6 Å². The predicted octanol–water partition coefficient (Wildman–Crippen LogP) is 2.71. The largest absolute Gasteiger partial charge is 0.355 e. The molecule has 1 rings (SSSR count). The van der Waals surface area contributed by atoms with Crippen LogP contribution in [0.15, 0.2) is 4.99 Å². The van der Waals surface area contributed by atoms with Crippen LogP contribution in [0, 0.1) is 5.41 Å². The first-order chi connectivity index (χ1) is 7.30. The molecule has 0 amide bonds. The Labute approximate surface area is 127 Å². The summed E-state index contributed by atoms with van der Waals surface area (Å²) in [4.78, 5) is 4.26. The topological polar surface area (TPSA) is 36.4 Å². The summed E-state index contributed by atoms with van der Waals surface area (Å²) < 4.78 is 0.247. The van der Waals surface area contributed by atoms with Crippen LogP contribution in [-0.2, 0) is 0 Å². The summed E-state index contributed by atoms with van der Waals surface area (Å²) >= 11 is 1.87. The van der Waals surface area contributed by atoms with Crippen LogP contribution in [0.1, 0.15) is 34.1 Å². The predicted molar refractivity (Wildman–Crippen MR) is 89.7 cm³/mol. The van der Waals surface area contributed by atoms with E-state index in [0.717, 1.165) is 12.5 Å². The van der Waals surface area contributed by atoms with Crippen molar-refractivity contribution in [1.82, 2.24) is 10.6 Å². The normalized spacial score (nSPS) is 22.7. The van der Waals surface area contributed by atoms with Gasteiger partial charge in [0.15, 0.2) is 5.96 Å². The lowest BCUT2D eigenvalue weighted by molar-refractivity contribution is 0.584. The van der Waals surface area contributed by atoms with Crippen LogP contribution in [0.25, 0.3) is 0 Å². The van der Waals surface area contributed by atoms with Crippen LogP contribution in [0.4, 0.5) is 0 Å². The van der Waals surface area contributed by atoms with Crippen LogP contribution in [0.2, 0.25) is 0 Å². The first-order valence-electron chi connectivity index (χ1n) is 5.83. The van der Waals surface area contributed by atoms with Crippen LogP contribution < -0.4 is 10.6 Å². The molecule has 0 aliphatic heterocycles. The quantitative estimate of drug-likeness (QED) is 0.453. The Hall–Kier alpha value is 0.350. The molecule has 1 unspecified atom stereocenters. The van der Waals surface area contributed by atoms with Gasteiger partial charge >= 0.3 is 0 Å². The van der Waals surface area contributed by atoms with Crippen molar-refractivity contribution in [1.29, 1.82) is 0 Å².